The fraction of sp³-hybridized carbons (Fsp3) is 0.267. The van der Waals surface area contributed by atoms with E-state index in [1.165, 1.54) is 0 Å². The van der Waals surface area contributed by atoms with Crippen LogP contribution in [0.15, 0.2) is 47.8 Å². The second-order valence-corrected chi connectivity index (χ2v) is 5.34. The molecule has 1 atom stereocenters. The van der Waals surface area contributed by atoms with Crippen molar-refractivity contribution in [3.63, 3.8) is 0 Å². The molecular weight excluding hydrogens is 268 g/mol. The number of rotatable bonds is 3. The second-order valence-electron chi connectivity index (χ2n) is 5.34. The number of hydrogen-bond donors (Lipinski definition) is 1. The molecule has 0 aliphatic carbocycles. The molecule has 6 heteroatoms. The lowest BCUT2D eigenvalue weighted by atomic mass is 10.0. The van der Waals surface area contributed by atoms with E-state index in [0.29, 0.717) is 18.0 Å². The van der Waals surface area contributed by atoms with Crippen LogP contribution in [0.5, 0.6) is 5.75 Å². The highest BCUT2D eigenvalue weighted by molar-refractivity contribution is 5.72. The molecule has 0 amide bonds. The number of aromatic nitrogens is 1. The number of hydrogen-bond acceptors (Lipinski definition) is 6. The molecule has 108 valence electrons. The number of nitrogen functional groups attached to an aromatic ring is 1. The molecule has 2 heterocycles. The highest BCUT2D eigenvalue weighted by Gasteiger charge is 2.37. The molecule has 1 unspecified atom stereocenters. The van der Waals surface area contributed by atoms with Crippen LogP contribution in [0, 0.1) is 4.91 Å². The maximum atomic E-state index is 10.7. The maximum Gasteiger partial charge on any atom is 0.147 e. The number of nitrogens with two attached hydrogens (primary N) is 1. The number of pyridine rings is 1. The van der Waals surface area contributed by atoms with Crippen LogP contribution >= 0.6 is 0 Å². The van der Waals surface area contributed by atoms with E-state index in [9.17, 15) is 4.91 Å². The van der Waals surface area contributed by atoms with Gasteiger partial charge in [0.05, 0.1) is 12.2 Å². The highest BCUT2D eigenvalue weighted by Crippen LogP contribution is 2.41. The van der Waals surface area contributed by atoms with E-state index in [1.807, 2.05) is 42.2 Å². The average molecular weight is 284 g/mol. The standard InChI is InChI=1S/C15H16N4O2/c1-15(9-18-20)10-19(14-4-2-3-7-17-14)12-8-11(16)5-6-13(12)21-15/h2-8H,9-10,16H2,1H3. The first-order valence-corrected chi connectivity index (χ1v) is 6.67. The lowest BCUT2D eigenvalue weighted by molar-refractivity contribution is 0.0974. The average Bonchev–Trinajstić information content (AvgIpc) is 2.48. The summed E-state index contributed by atoms with van der Waals surface area (Å²) in [5.41, 5.74) is 6.68. The van der Waals surface area contributed by atoms with E-state index in [0.717, 1.165) is 11.5 Å². The summed E-state index contributed by atoms with van der Waals surface area (Å²) in [6.45, 7) is 2.41. The third kappa shape index (κ3) is 2.52. The van der Waals surface area contributed by atoms with E-state index in [1.54, 1.807) is 12.3 Å². The first-order chi connectivity index (χ1) is 10.1. The summed E-state index contributed by atoms with van der Waals surface area (Å²) < 4.78 is 5.95. The number of nitroso groups, excluding NO2 is 1. The molecule has 1 aromatic heterocycles. The summed E-state index contributed by atoms with van der Waals surface area (Å²) >= 11 is 0. The minimum absolute atomic E-state index is 0.0696. The van der Waals surface area contributed by atoms with E-state index >= 15 is 0 Å². The van der Waals surface area contributed by atoms with E-state index in [-0.39, 0.29) is 6.54 Å². The Bertz CT molecular complexity index is 662. The summed E-state index contributed by atoms with van der Waals surface area (Å²) in [6.07, 6.45) is 1.73. The van der Waals surface area contributed by atoms with Crippen molar-refractivity contribution in [3.8, 4) is 5.75 Å². The summed E-state index contributed by atoms with van der Waals surface area (Å²) in [4.78, 5) is 17.1. The lowest BCUT2D eigenvalue weighted by Crippen LogP contribution is -2.49. The van der Waals surface area contributed by atoms with Crippen LogP contribution in [0.3, 0.4) is 0 Å². The van der Waals surface area contributed by atoms with Crippen molar-refractivity contribution in [1.82, 2.24) is 4.98 Å². The van der Waals surface area contributed by atoms with Gasteiger partial charge in [-0.25, -0.2) is 4.98 Å². The number of benzene rings is 1. The van der Waals surface area contributed by atoms with Crippen molar-refractivity contribution in [3.05, 3.63) is 47.5 Å². The third-order valence-corrected chi connectivity index (χ3v) is 3.45. The summed E-state index contributed by atoms with van der Waals surface area (Å²) in [7, 11) is 0. The van der Waals surface area contributed by atoms with Crippen molar-refractivity contribution >= 4 is 17.2 Å². The van der Waals surface area contributed by atoms with Crippen molar-refractivity contribution in [1.29, 1.82) is 0 Å². The fourth-order valence-corrected chi connectivity index (χ4v) is 2.49. The summed E-state index contributed by atoms with van der Waals surface area (Å²) in [6, 6.07) is 11.1. The maximum absolute atomic E-state index is 10.7. The molecule has 21 heavy (non-hydrogen) atoms. The van der Waals surface area contributed by atoms with E-state index in [2.05, 4.69) is 10.2 Å². The molecule has 0 spiro atoms. The molecule has 1 aliphatic heterocycles. The minimum atomic E-state index is -0.692. The number of ether oxygens (including phenoxy) is 1. The molecule has 0 saturated carbocycles. The quantitative estimate of drug-likeness (QED) is 0.692. The van der Waals surface area contributed by atoms with Crippen molar-refractivity contribution in [2.45, 2.75) is 12.5 Å². The van der Waals surface area contributed by atoms with Gasteiger partial charge in [-0.05, 0) is 37.3 Å². The van der Waals surface area contributed by atoms with Crippen LogP contribution < -0.4 is 15.4 Å². The van der Waals surface area contributed by atoms with Gasteiger partial charge in [-0.3, -0.25) is 0 Å². The summed E-state index contributed by atoms with van der Waals surface area (Å²) in [5, 5.41) is 3.00. The molecule has 6 nitrogen and oxygen atoms in total. The molecule has 2 N–H and O–H groups in total. The Hall–Kier alpha value is -2.63. The lowest BCUT2D eigenvalue weighted by Gasteiger charge is -2.41. The number of anilines is 3. The van der Waals surface area contributed by atoms with Crippen LogP contribution in [-0.2, 0) is 0 Å². The Labute approximate surface area is 122 Å². The van der Waals surface area contributed by atoms with Gasteiger partial charge in [0.25, 0.3) is 0 Å². The monoisotopic (exact) mass is 284 g/mol. The zero-order chi connectivity index (χ0) is 14.9. The van der Waals surface area contributed by atoms with Crippen molar-refractivity contribution in [2.24, 2.45) is 5.18 Å². The predicted molar refractivity (Wildman–Crippen MR) is 81.8 cm³/mol. The van der Waals surface area contributed by atoms with Gasteiger partial charge in [0.15, 0.2) is 0 Å². The number of nitrogens with zero attached hydrogens (tertiary/aromatic N) is 3. The Balaban J connectivity index is 2.09. The van der Waals surface area contributed by atoms with E-state index < -0.39 is 5.60 Å². The minimum Gasteiger partial charge on any atom is -0.481 e. The second kappa shape index (κ2) is 5.05. The molecule has 1 aliphatic rings. The molecule has 0 fully saturated rings. The van der Waals surface area contributed by atoms with Gasteiger partial charge in [-0.1, -0.05) is 11.2 Å². The molecule has 2 aromatic rings. The first-order valence-electron chi connectivity index (χ1n) is 6.67. The van der Waals surface area contributed by atoms with Gasteiger partial charge in [-0.15, -0.1) is 0 Å². The fourth-order valence-electron chi connectivity index (χ4n) is 2.49. The predicted octanol–water partition coefficient (Wildman–Crippen LogP) is 2.72. The topological polar surface area (TPSA) is 80.8 Å². The van der Waals surface area contributed by atoms with Crippen LogP contribution in [0.25, 0.3) is 0 Å². The van der Waals surface area contributed by atoms with Crippen molar-refractivity contribution < 1.29 is 4.74 Å². The van der Waals surface area contributed by atoms with Crippen molar-refractivity contribution in [2.75, 3.05) is 23.7 Å². The highest BCUT2D eigenvalue weighted by atomic mass is 16.5. The zero-order valence-corrected chi connectivity index (χ0v) is 11.7. The normalized spacial score (nSPS) is 20.5. The molecule has 1 aromatic carbocycles. The van der Waals surface area contributed by atoms with Gasteiger partial charge < -0.3 is 15.4 Å². The van der Waals surface area contributed by atoms with Gasteiger partial charge >= 0.3 is 0 Å². The zero-order valence-electron chi connectivity index (χ0n) is 11.7. The van der Waals surface area contributed by atoms with Crippen LogP contribution in [0.1, 0.15) is 6.92 Å². The molecule has 0 bridgehead atoms. The van der Waals surface area contributed by atoms with Gasteiger partial charge in [0.2, 0.25) is 0 Å². The molecule has 0 saturated heterocycles. The summed E-state index contributed by atoms with van der Waals surface area (Å²) in [5.74, 6) is 1.46. The number of fused-ring (bicyclic) bond motifs is 1. The molecule has 3 rings (SSSR count). The Morgan fingerprint density at radius 2 is 2.29 bits per heavy atom. The van der Waals surface area contributed by atoms with Gasteiger partial charge in [0.1, 0.15) is 23.7 Å². The smallest absolute Gasteiger partial charge is 0.147 e. The van der Waals surface area contributed by atoms with Crippen LogP contribution in [0.4, 0.5) is 17.2 Å². The Kier molecular flexibility index (Phi) is 3.21. The van der Waals surface area contributed by atoms with Crippen LogP contribution in [-0.4, -0.2) is 23.7 Å². The van der Waals surface area contributed by atoms with Gasteiger partial charge in [0, 0.05) is 11.9 Å². The third-order valence-electron chi connectivity index (χ3n) is 3.45. The van der Waals surface area contributed by atoms with Crippen LogP contribution in [0.2, 0.25) is 0 Å². The largest absolute Gasteiger partial charge is 0.481 e. The molecule has 0 radical (unpaired) electrons. The van der Waals surface area contributed by atoms with E-state index in [4.69, 9.17) is 10.5 Å². The Morgan fingerprint density at radius 3 is 3.00 bits per heavy atom. The first kappa shape index (κ1) is 13.4. The molecular formula is C15H16N4O2. The van der Waals surface area contributed by atoms with Gasteiger partial charge in [-0.2, -0.15) is 4.91 Å². The SMILES string of the molecule is CC1(CN=O)CN(c2ccccn2)c2cc(N)ccc2O1. The Morgan fingerprint density at radius 1 is 1.43 bits per heavy atom.